The third-order valence-corrected chi connectivity index (χ3v) is 2.94. The molecule has 22 heavy (non-hydrogen) atoms. The lowest BCUT2D eigenvalue weighted by atomic mass is 10.2. The summed E-state index contributed by atoms with van der Waals surface area (Å²) >= 11 is 0. The Labute approximate surface area is 130 Å². The van der Waals surface area contributed by atoms with Gasteiger partial charge in [-0.1, -0.05) is 42.5 Å². The van der Waals surface area contributed by atoms with Gasteiger partial charge in [0.05, 0.1) is 6.61 Å². The van der Waals surface area contributed by atoms with Gasteiger partial charge >= 0.3 is 0 Å². The van der Waals surface area contributed by atoms with Crippen LogP contribution in [0.15, 0.2) is 60.7 Å². The molecule has 0 unspecified atom stereocenters. The highest BCUT2D eigenvalue weighted by molar-refractivity contribution is 5.91. The molecule has 4 nitrogen and oxygen atoms in total. The van der Waals surface area contributed by atoms with Crippen molar-refractivity contribution in [3.05, 3.63) is 71.8 Å². The van der Waals surface area contributed by atoms with Crippen molar-refractivity contribution in [2.45, 2.75) is 6.61 Å². The molecule has 0 aliphatic rings. The number of aliphatic hydroxyl groups excluding tert-OH is 1. The molecule has 0 atom stereocenters. The second kappa shape index (κ2) is 8.64. The lowest BCUT2D eigenvalue weighted by molar-refractivity contribution is -0.116. The number of aliphatic hydroxyl groups is 1. The fraction of sp³-hybridized carbons (Fsp3) is 0.167. The van der Waals surface area contributed by atoms with Crippen LogP contribution in [-0.2, 0) is 11.4 Å². The summed E-state index contributed by atoms with van der Waals surface area (Å²) in [5.41, 5.74) is 1.98. The van der Waals surface area contributed by atoms with E-state index in [9.17, 15) is 4.79 Å². The van der Waals surface area contributed by atoms with Crippen molar-refractivity contribution in [3.8, 4) is 5.75 Å². The first kappa shape index (κ1) is 15.8. The lowest BCUT2D eigenvalue weighted by Gasteiger charge is -2.07. The zero-order valence-electron chi connectivity index (χ0n) is 12.2. The van der Waals surface area contributed by atoms with Crippen LogP contribution in [0.25, 0.3) is 6.08 Å². The maximum atomic E-state index is 11.4. The van der Waals surface area contributed by atoms with E-state index in [0.717, 1.165) is 16.9 Å². The summed E-state index contributed by atoms with van der Waals surface area (Å²) in [4.78, 5) is 11.4. The summed E-state index contributed by atoms with van der Waals surface area (Å²) in [6.45, 7) is 0.691. The van der Waals surface area contributed by atoms with Crippen molar-refractivity contribution >= 4 is 12.0 Å². The highest BCUT2D eigenvalue weighted by Gasteiger charge is 1.98. The summed E-state index contributed by atoms with van der Waals surface area (Å²) in [5, 5.41) is 11.2. The Balaban J connectivity index is 1.92. The second-order valence-corrected chi connectivity index (χ2v) is 4.69. The van der Waals surface area contributed by atoms with Gasteiger partial charge in [0.25, 0.3) is 0 Å². The van der Waals surface area contributed by atoms with Crippen LogP contribution in [0, 0.1) is 0 Å². The molecule has 114 valence electrons. The van der Waals surface area contributed by atoms with E-state index in [0.29, 0.717) is 6.61 Å². The van der Waals surface area contributed by atoms with E-state index in [1.54, 1.807) is 6.08 Å². The van der Waals surface area contributed by atoms with Crippen LogP contribution in [-0.4, -0.2) is 24.2 Å². The van der Waals surface area contributed by atoms with E-state index in [4.69, 9.17) is 9.84 Å². The molecule has 0 fully saturated rings. The van der Waals surface area contributed by atoms with Crippen molar-refractivity contribution in [1.82, 2.24) is 5.32 Å². The predicted octanol–water partition coefficient (Wildman–Crippen LogP) is 2.39. The number of amides is 1. The predicted molar refractivity (Wildman–Crippen MR) is 86.3 cm³/mol. The van der Waals surface area contributed by atoms with Gasteiger partial charge in [-0.15, -0.1) is 0 Å². The molecule has 0 aliphatic carbocycles. The molecule has 0 spiro atoms. The number of benzene rings is 2. The smallest absolute Gasteiger partial charge is 0.244 e. The van der Waals surface area contributed by atoms with Crippen LogP contribution in [0.2, 0.25) is 0 Å². The number of nitrogens with one attached hydrogen (secondary N) is 1. The second-order valence-electron chi connectivity index (χ2n) is 4.69. The molecule has 1 amide bonds. The molecule has 2 N–H and O–H groups in total. The van der Waals surface area contributed by atoms with Gasteiger partial charge in [-0.05, 0) is 29.3 Å². The zero-order valence-corrected chi connectivity index (χ0v) is 12.2. The molecule has 0 heterocycles. The molecule has 0 aromatic heterocycles. The molecule has 2 aromatic carbocycles. The normalized spacial score (nSPS) is 10.6. The minimum absolute atomic E-state index is 0.0671. The van der Waals surface area contributed by atoms with E-state index in [1.807, 2.05) is 54.6 Å². The van der Waals surface area contributed by atoms with E-state index >= 15 is 0 Å². The molecular formula is C18H19NO3. The fourth-order valence-corrected chi connectivity index (χ4v) is 1.86. The van der Waals surface area contributed by atoms with Gasteiger partial charge in [0.2, 0.25) is 5.91 Å². The number of carbonyl (C=O) groups excluding carboxylic acids is 1. The summed E-state index contributed by atoms with van der Waals surface area (Å²) in [7, 11) is 0. The SMILES string of the molecule is O=C(C=Cc1cccc(OCc2ccccc2)c1)NCCO. The van der Waals surface area contributed by atoms with Gasteiger partial charge in [-0.2, -0.15) is 0 Å². The molecule has 0 bridgehead atoms. The van der Waals surface area contributed by atoms with Gasteiger partial charge in [-0.3, -0.25) is 4.79 Å². The first-order valence-corrected chi connectivity index (χ1v) is 7.11. The van der Waals surface area contributed by atoms with E-state index in [-0.39, 0.29) is 19.1 Å². The first-order valence-electron chi connectivity index (χ1n) is 7.11. The Morgan fingerprint density at radius 1 is 1.14 bits per heavy atom. The minimum Gasteiger partial charge on any atom is -0.489 e. The number of carbonyl (C=O) groups is 1. The summed E-state index contributed by atoms with van der Waals surface area (Å²) in [5.74, 6) is 0.520. The Kier molecular flexibility index (Phi) is 6.20. The third-order valence-electron chi connectivity index (χ3n) is 2.94. The summed E-state index contributed by atoms with van der Waals surface area (Å²) in [6, 6.07) is 17.5. The van der Waals surface area contributed by atoms with Crippen LogP contribution >= 0.6 is 0 Å². The van der Waals surface area contributed by atoms with Crippen molar-refractivity contribution in [3.63, 3.8) is 0 Å². The van der Waals surface area contributed by atoms with E-state index < -0.39 is 0 Å². The number of ether oxygens (including phenoxy) is 1. The molecule has 0 aliphatic heterocycles. The summed E-state index contributed by atoms with van der Waals surface area (Å²) in [6.07, 6.45) is 3.15. The molecular weight excluding hydrogens is 278 g/mol. The topological polar surface area (TPSA) is 58.6 Å². The third kappa shape index (κ3) is 5.42. The minimum atomic E-state index is -0.232. The van der Waals surface area contributed by atoms with Gasteiger partial charge in [0.15, 0.2) is 0 Å². The monoisotopic (exact) mass is 297 g/mol. The van der Waals surface area contributed by atoms with Crippen molar-refractivity contribution in [2.24, 2.45) is 0 Å². The van der Waals surface area contributed by atoms with E-state index in [1.165, 1.54) is 6.08 Å². The lowest BCUT2D eigenvalue weighted by Crippen LogP contribution is -2.24. The Morgan fingerprint density at radius 2 is 1.95 bits per heavy atom. The van der Waals surface area contributed by atoms with Gasteiger partial charge < -0.3 is 15.2 Å². The molecule has 0 radical (unpaired) electrons. The Morgan fingerprint density at radius 3 is 2.73 bits per heavy atom. The highest BCUT2D eigenvalue weighted by Crippen LogP contribution is 2.16. The summed E-state index contributed by atoms with van der Waals surface area (Å²) < 4.78 is 5.74. The molecule has 4 heteroatoms. The molecule has 2 aromatic rings. The first-order chi connectivity index (χ1) is 10.8. The fourth-order valence-electron chi connectivity index (χ4n) is 1.86. The van der Waals surface area contributed by atoms with Crippen LogP contribution in [0.1, 0.15) is 11.1 Å². The maximum absolute atomic E-state index is 11.4. The molecule has 0 saturated heterocycles. The highest BCUT2D eigenvalue weighted by atomic mass is 16.5. The number of rotatable bonds is 7. The average Bonchev–Trinajstić information content (AvgIpc) is 2.57. The number of hydrogen-bond donors (Lipinski definition) is 2. The van der Waals surface area contributed by atoms with Crippen LogP contribution in [0.3, 0.4) is 0 Å². The largest absolute Gasteiger partial charge is 0.489 e. The van der Waals surface area contributed by atoms with Gasteiger partial charge in [0, 0.05) is 12.6 Å². The average molecular weight is 297 g/mol. The van der Waals surface area contributed by atoms with Crippen LogP contribution in [0.5, 0.6) is 5.75 Å². The molecule has 0 saturated carbocycles. The van der Waals surface area contributed by atoms with E-state index in [2.05, 4.69) is 5.32 Å². The Hall–Kier alpha value is -2.59. The Bertz CT molecular complexity index is 623. The zero-order chi connectivity index (χ0) is 15.6. The molecule has 2 rings (SSSR count). The van der Waals surface area contributed by atoms with Gasteiger partial charge in [-0.25, -0.2) is 0 Å². The van der Waals surface area contributed by atoms with Gasteiger partial charge in [0.1, 0.15) is 12.4 Å². The van der Waals surface area contributed by atoms with Crippen molar-refractivity contribution < 1.29 is 14.6 Å². The van der Waals surface area contributed by atoms with Crippen molar-refractivity contribution in [1.29, 1.82) is 0 Å². The quantitative estimate of drug-likeness (QED) is 0.772. The maximum Gasteiger partial charge on any atom is 0.244 e. The van der Waals surface area contributed by atoms with Crippen LogP contribution < -0.4 is 10.1 Å². The standard InChI is InChI=1S/C18H19NO3/c20-12-11-19-18(21)10-9-15-7-4-8-17(13-15)22-14-16-5-2-1-3-6-16/h1-10,13,20H,11-12,14H2,(H,19,21). The number of hydrogen-bond acceptors (Lipinski definition) is 3. The van der Waals surface area contributed by atoms with Crippen LogP contribution in [0.4, 0.5) is 0 Å². The van der Waals surface area contributed by atoms with Crippen molar-refractivity contribution in [2.75, 3.05) is 13.2 Å².